The van der Waals surface area contributed by atoms with Crippen molar-refractivity contribution in [3.63, 3.8) is 0 Å². The Morgan fingerprint density at radius 3 is 2.59 bits per heavy atom. The Morgan fingerprint density at radius 1 is 1.14 bits per heavy atom. The molecule has 2 saturated heterocycles. The molecule has 0 spiro atoms. The summed E-state index contributed by atoms with van der Waals surface area (Å²) in [6, 6.07) is 10.5. The molecule has 1 aromatic carbocycles. The quantitative estimate of drug-likeness (QED) is 0.585. The van der Waals surface area contributed by atoms with E-state index in [9.17, 15) is 4.79 Å². The first kappa shape index (κ1) is 22.1. The Hall–Kier alpha value is -1.59. The van der Waals surface area contributed by atoms with E-state index in [0.717, 1.165) is 31.7 Å². The van der Waals surface area contributed by atoms with Crippen molar-refractivity contribution in [2.45, 2.75) is 58.4 Å². The van der Waals surface area contributed by atoms with Crippen LogP contribution in [0.2, 0.25) is 0 Å². The minimum absolute atomic E-state index is 0.0372. The Bertz CT molecular complexity index is 616. The molecule has 2 fully saturated rings. The van der Waals surface area contributed by atoms with Crippen LogP contribution in [0.1, 0.15) is 52.4 Å². The molecule has 0 bridgehead atoms. The average molecular weight is 403 g/mol. The molecule has 1 atom stereocenters. The minimum Gasteiger partial charge on any atom is -0.494 e. The number of ether oxygens (including phenoxy) is 2. The molecule has 0 amide bonds. The zero-order chi connectivity index (χ0) is 20.5. The lowest BCUT2D eigenvalue weighted by Gasteiger charge is -2.46. The number of likely N-dealkylation sites (tertiary alicyclic amines) is 2. The molecule has 2 heterocycles. The topological polar surface area (TPSA) is 42.0 Å². The fourth-order valence-corrected chi connectivity index (χ4v) is 4.94. The molecule has 0 N–H and O–H groups in total. The maximum atomic E-state index is 13.0. The molecular weight excluding hydrogens is 364 g/mol. The van der Waals surface area contributed by atoms with Crippen LogP contribution in [-0.2, 0) is 9.53 Å². The zero-order valence-corrected chi connectivity index (χ0v) is 18.3. The second kappa shape index (κ2) is 11.0. The van der Waals surface area contributed by atoms with Crippen LogP contribution in [0.5, 0.6) is 5.75 Å². The van der Waals surface area contributed by atoms with Gasteiger partial charge in [0.05, 0.1) is 18.6 Å². The van der Waals surface area contributed by atoms with Gasteiger partial charge in [0, 0.05) is 12.6 Å². The van der Waals surface area contributed by atoms with Gasteiger partial charge in [0.15, 0.2) is 0 Å². The van der Waals surface area contributed by atoms with Crippen LogP contribution < -0.4 is 4.74 Å². The normalized spacial score (nSPS) is 24.3. The van der Waals surface area contributed by atoms with Crippen LogP contribution in [0.4, 0.5) is 0 Å². The first-order valence-corrected chi connectivity index (χ1v) is 11.5. The van der Waals surface area contributed by atoms with E-state index < -0.39 is 5.41 Å². The number of para-hydroxylation sites is 1. The highest BCUT2D eigenvalue weighted by Gasteiger charge is 2.45. The van der Waals surface area contributed by atoms with Gasteiger partial charge >= 0.3 is 5.97 Å². The summed E-state index contributed by atoms with van der Waals surface area (Å²) in [4.78, 5) is 18.2. The SMILES string of the molecule is CCCN1CCC(N2CCCC(CCOc3ccccc3)(C(=O)OCC)C2)CC1. The third-order valence-electron chi connectivity index (χ3n) is 6.52. The summed E-state index contributed by atoms with van der Waals surface area (Å²) in [6.45, 7) is 10.6. The molecule has 0 aromatic heterocycles. The smallest absolute Gasteiger partial charge is 0.313 e. The molecule has 3 rings (SSSR count). The Morgan fingerprint density at radius 2 is 1.90 bits per heavy atom. The third kappa shape index (κ3) is 5.95. The van der Waals surface area contributed by atoms with Crippen LogP contribution in [0, 0.1) is 5.41 Å². The number of benzene rings is 1. The number of piperidine rings is 2. The Kier molecular flexibility index (Phi) is 8.37. The summed E-state index contributed by atoms with van der Waals surface area (Å²) in [5.74, 6) is 0.826. The largest absolute Gasteiger partial charge is 0.494 e. The number of carbonyl (C=O) groups is 1. The van der Waals surface area contributed by atoms with Crippen molar-refractivity contribution in [1.82, 2.24) is 9.80 Å². The van der Waals surface area contributed by atoms with Gasteiger partial charge in [0.2, 0.25) is 0 Å². The molecule has 29 heavy (non-hydrogen) atoms. The van der Waals surface area contributed by atoms with Crippen molar-refractivity contribution in [1.29, 1.82) is 0 Å². The van der Waals surface area contributed by atoms with Gasteiger partial charge in [-0.3, -0.25) is 9.69 Å². The van der Waals surface area contributed by atoms with E-state index in [4.69, 9.17) is 9.47 Å². The summed E-state index contributed by atoms with van der Waals surface area (Å²) >= 11 is 0. The van der Waals surface area contributed by atoms with Crippen molar-refractivity contribution in [3.8, 4) is 5.75 Å². The van der Waals surface area contributed by atoms with Gasteiger partial charge in [-0.1, -0.05) is 25.1 Å². The van der Waals surface area contributed by atoms with Crippen molar-refractivity contribution in [2.75, 3.05) is 45.9 Å². The molecule has 0 aliphatic carbocycles. The molecular formula is C24H38N2O3. The van der Waals surface area contributed by atoms with Gasteiger partial charge in [-0.2, -0.15) is 0 Å². The van der Waals surface area contributed by atoms with E-state index in [0.29, 0.717) is 25.7 Å². The van der Waals surface area contributed by atoms with Crippen LogP contribution in [0.25, 0.3) is 0 Å². The van der Waals surface area contributed by atoms with Crippen molar-refractivity contribution >= 4 is 5.97 Å². The van der Waals surface area contributed by atoms with Crippen molar-refractivity contribution in [2.24, 2.45) is 5.41 Å². The monoisotopic (exact) mass is 402 g/mol. The number of hydrogen-bond acceptors (Lipinski definition) is 5. The predicted molar refractivity (Wildman–Crippen MR) is 116 cm³/mol. The Balaban J connectivity index is 1.61. The van der Waals surface area contributed by atoms with E-state index in [1.807, 2.05) is 37.3 Å². The zero-order valence-electron chi connectivity index (χ0n) is 18.3. The van der Waals surface area contributed by atoms with Crippen molar-refractivity contribution < 1.29 is 14.3 Å². The van der Waals surface area contributed by atoms with Crippen LogP contribution in [0.15, 0.2) is 30.3 Å². The van der Waals surface area contributed by atoms with E-state index >= 15 is 0 Å². The Labute approximate surface area is 176 Å². The maximum Gasteiger partial charge on any atom is 0.313 e. The predicted octanol–water partition coefficient (Wildman–Crippen LogP) is 3.98. The molecule has 0 radical (unpaired) electrons. The summed E-state index contributed by atoms with van der Waals surface area (Å²) in [7, 11) is 0. The highest BCUT2D eigenvalue weighted by Crippen LogP contribution is 2.37. The first-order chi connectivity index (χ1) is 14.2. The molecule has 162 valence electrons. The summed E-state index contributed by atoms with van der Waals surface area (Å²) < 4.78 is 11.5. The summed E-state index contributed by atoms with van der Waals surface area (Å²) in [5, 5.41) is 0. The summed E-state index contributed by atoms with van der Waals surface area (Å²) in [6.07, 6.45) is 6.31. The molecule has 2 aliphatic rings. The van der Waals surface area contributed by atoms with Gasteiger partial charge in [-0.05, 0) is 83.8 Å². The number of esters is 1. The minimum atomic E-state index is -0.441. The molecule has 1 aromatic rings. The number of nitrogens with zero attached hydrogens (tertiary/aromatic N) is 2. The van der Waals surface area contributed by atoms with E-state index in [-0.39, 0.29) is 5.97 Å². The molecule has 1 unspecified atom stereocenters. The average Bonchev–Trinajstić information content (AvgIpc) is 2.76. The van der Waals surface area contributed by atoms with Gasteiger partial charge in [0.1, 0.15) is 5.75 Å². The van der Waals surface area contributed by atoms with Crippen LogP contribution in [0.3, 0.4) is 0 Å². The number of carbonyl (C=O) groups excluding carboxylic acids is 1. The number of hydrogen-bond donors (Lipinski definition) is 0. The van der Waals surface area contributed by atoms with E-state index in [1.165, 1.54) is 38.9 Å². The lowest BCUT2D eigenvalue weighted by molar-refractivity contribution is -0.161. The van der Waals surface area contributed by atoms with Gasteiger partial charge in [-0.15, -0.1) is 0 Å². The third-order valence-corrected chi connectivity index (χ3v) is 6.52. The molecule has 0 saturated carbocycles. The van der Waals surface area contributed by atoms with Crippen molar-refractivity contribution in [3.05, 3.63) is 30.3 Å². The fourth-order valence-electron chi connectivity index (χ4n) is 4.94. The maximum absolute atomic E-state index is 13.0. The first-order valence-electron chi connectivity index (χ1n) is 11.5. The molecule has 5 nitrogen and oxygen atoms in total. The lowest BCUT2D eigenvalue weighted by Crippen LogP contribution is -2.54. The van der Waals surface area contributed by atoms with Gasteiger partial charge in [0.25, 0.3) is 0 Å². The van der Waals surface area contributed by atoms with Crippen LogP contribution in [-0.4, -0.2) is 67.7 Å². The van der Waals surface area contributed by atoms with Crippen LogP contribution >= 0.6 is 0 Å². The highest BCUT2D eigenvalue weighted by molar-refractivity contribution is 5.77. The lowest BCUT2D eigenvalue weighted by atomic mass is 9.76. The fraction of sp³-hybridized carbons (Fsp3) is 0.708. The van der Waals surface area contributed by atoms with E-state index in [2.05, 4.69) is 16.7 Å². The van der Waals surface area contributed by atoms with E-state index in [1.54, 1.807) is 0 Å². The standard InChI is InChI=1S/C24H38N2O3/c1-3-15-25-17-11-21(12-18-25)26-16-8-13-24(20-26,23(27)28-4-2)14-19-29-22-9-6-5-7-10-22/h5-7,9-10,21H,3-4,8,11-20H2,1-2H3. The number of rotatable bonds is 9. The summed E-state index contributed by atoms with van der Waals surface area (Å²) in [5.41, 5.74) is -0.441. The molecule has 2 aliphatic heterocycles. The second-order valence-corrected chi connectivity index (χ2v) is 8.56. The second-order valence-electron chi connectivity index (χ2n) is 8.56. The highest BCUT2D eigenvalue weighted by atomic mass is 16.5. The molecule has 5 heteroatoms. The van der Waals surface area contributed by atoms with Gasteiger partial charge < -0.3 is 14.4 Å². The van der Waals surface area contributed by atoms with Gasteiger partial charge in [-0.25, -0.2) is 0 Å².